The molecule has 5 N–H and O–H groups in total. The van der Waals surface area contributed by atoms with Crippen LogP contribution in [0.15, 0.2) is 0 Å². The van der Waals surface area contributed by atoms with Gasteiger partial charge in [-0.05, 0) is 6.92 Å². The van der Waals surface area contributed by atoms with Crippen LogP contribution >= 0.6 is 0 Å². The van der Waals surface area contributed by atoms with Crippen molar-refractivity contribution in [1.82, 2.24) is 5.32 Å². The number of aliphatic hydroxyl groups is 4. The molecule has 0 radical (unpaired) electrons. The number of esters is 1. The van der Waals surface area contributed by atoms with Crippen LogP contribution in [0.2, 0.25) is 0 Å². The molecule has 22 heavy (non-hydrogen) atoms. The molecule has 0 aromatic carbocycles. The lowest BCUT2D eigenvalue weighted by molar-refractivity contribution is -0.292. The van der Waals surface area contributed by atoms with E-state index in [1.807, 2.05) is 0 Å². The number of rotatable bonds is 5. The molecule has 9 nitrogen and oxygen atoms in total. The van der Waals surface area contributed by atoms with Crippen molar-refractivity contribution < 1.29 is 39.5 Å². The molecule has 1 rings (SSSR count). The molecule has 0 unspecified atom stereocenters. The van der Waals surface area contributed by atoms with E-state index in [1.54, 1.807) is 0 Å². The number of hydrogen-bond acceptors (Lipinski definition) is 8. The minimum atomic E-state index is -1.73. The first-order valence-corrected chi connectivity index (χ1v) is 6.88. The van der Waals surface area contributed by atoms with E-state index in [-0.39, 0.29) is 6.42 Å². The van der Waals surface area contributed by atoms with Crippen molar-refractivity contribution in [2.24, 2.45) is 0 Å². The van der Waals surface area contributed by atoms with Gasteiger partial charge in [0.1, 0.15) is 24.9 Å². The van der Waals surface area contributed by atoms with Crippen LogP contribution in [0.3, 0.4) is 0 Å². The van der Waals surface area contributed by atoms with E-state index in [0.29, 0.717) is 0 Å². The predicted octanol–water partition coefficient (Wildman–Crippen LogP) is -2.37. The highest BCUT2D eigenvalue weighted by Gasteiger charge is 2.48. The smallest absolute Gasteiger partial charge is 0.302 e. The Kier molecular flexibility index (Phi) is 6.27. The summed E-state index contributed by atoms with van der Waals surface area (Å²) in [5, 5.41) is 42.4. The van der Waals surface area contributed by atoms with Gasteiger partial charge in [0.15, 0.2) is 5.79 Å². The van der Waals surface area contributed by atoms with Crippen molar-refractivity contribution in [3.05, 3.63) is 0 Å². The van der Waals surface area contributed by atoms with Crippen LogP contribution in [-0.4, -0.2) is 75.2 Å². The Morgan fingerprint density at radius 1 is 1.41 bits per heavy atom. The number of aliphatic hydroxyl groups excluding tert-OH is 3. The van der Waals surface area contributed by atoms with Crippen LogP contribution in [-0.2, 0) is 19.1 Å². The molecular weight excluding hydrogens is 298 g/mol. The molecule has 0 saturated carbocycles. The second-order valence-electron chi connectivity index (χ2n) is 5.62. The van der Waals surface area contributed by atoms with Crippen LogP contribution in [0.5, 0.6) is 0 Å². The standard InChI is InChI=1S/C13H23NO8/c1-6(15)14-10-8(17)4-13(3,20)22-12(10)11(19)9(18)5-21-7(2)16/h8-12,17-20H,4-5H2,1-3H3,(H,14,15)/t8-,9+,10+,11+,12+,13+/m0/s1. The van der Waals surface area contributed by atoms with Gasteiger partial charge < -0.3 is 35.2 Å². The highest BCUT2D eigenvalue weighted by atomic mass is 16.6. The Hall–Kier alpha value is -1.26. The molecule has 0 aromatic rings. The van der Waals surface area contributed by atoms with E-state index in [1.165, 1.54) is 13.8 Å². The first kappa shape index (κ1) is 18.8. The SMILES string of the molecule is CC(=O)N[C@H]1[C@H]([C@H](O)[C@H](O)COC(C)=O)O[C@@](C)(O)C[C@@H]1O. The molecule has 9 heteroatoms. The summed E-state index contributed by atoms with van der Waals surface area (Å²) in [6.07, 6.45) is -5.76. The Labute approximate surface area is 127 Å². The third kappa shape index (κ3) is 5.18. The lowest BCUT2D eigenvalue weighted by Gasteiger charge is -2.45. The number of carbonyl (C=O) groups is 2. The Bertz CT molecular complexity index is 413. The molecule has 0 aliphatic carbocycles. The van der Waals surface area contributed by atoms with Crippen LogP contribution in [0, 0.1) is 0 Å². The van der Waals surface area contributed by atoms with Crippen LogP contribution in [0.4, 0.5) is 0 Å². The second kappa shape index (κ2) is 7.34. The van der Waals surface area contributed by atoms with E-state index < -0.39 is 54.7 Å². The van der Waals surface area contributed by atoms with Crippen molar-refractivity contribution in [1.29, 1.82) is 0 Å². The maximum atomic E-state index is 11.2. The molecule has 1 aliphatic heterocycles. The summed E-state index contributed by atoms with van der Waals surface area (Å²) >= 11 is 0. The molecule has 0 aromatic heterocycles. The van der Waals surface area contributed by atoms with Gasteiger partial charge in [-0.15, -0.1) is 0 Å². The van der Waals surface area contributed by atoms with E-state index >= 15 is 0 Å². The number of amides is 1. The second-order valence-corrected chi connectivity index (χ2v) is 5.62. The summed E-state index contributed by atoms with van der Waals surface area (Å²) in [5.41, 5.74) is 0. The zero-order valence-corrected chi connectivity index (χ0v) is 12.7. The fourth-order valence-corrected chi connectivity index (χ4v) is 2.36. The van der Waals surface area contributed by atoms with Gasteiger partial charge in [-0.2, -0.15) is 0 Å². The number of hydrogen-bond donors (Lipinski definition) is 5. The zero-order chi connectivity index (χ0) is 17.1. The van der Waals surface area contributed by atoms with E-state index in [4.69, 9.17) is 4.74 Å². The van der Waals surface area contributed by atoms with Gasteiger partial charge in [-0.3, -0.25) is 9.59 Å². The average Bonchev–Trinajstić information content (AvgIpc) is 2.37. The highest BCUT2D eigenvalue weighted by molar-refractivity contribution is 5.73. The van der Waals surface area contributed by atoms with Crippen LogP contribution in [0.25, 0.3) is 0 Å². The summed E-state index contributed by atoms with van der Waals surface area (Å²) in [5.74, 6) is -2.84. The van der Waals surface area contributed by atoms with Gasteiger partial charge in [0, 0.05) is 20.3 Å². The molecule has 0 bridgehead atoms. The third-order valence-electron chi connectivity index (χ3n) is 3.30. The number of ether oxygens (including phenoxy) is 2. The van der Waals surface area contributed by atoms with Gasteiger partial charge in [-0.1, -0.05) is 0 Å². The Balaban J connectivity index is 2.87. The molecule has 1 aliphatic rings. The number of nitrogens with one attached hydrogen (secondary N) is 1. The topological polar surface area (TPSA) is 146 Å². The lowest BCUT2D eigenvalue weighted by atomic mass is 9.89. The van der Waals surface area contributed by atoms with Crippen molar-refractivity contribution in [3.8, 4) is 0 Å². The highest BCUT2D eigenvalue weighted by Crippen LogP contribution is 2.29. The van der Waals surface area contributed by atoms with Crippen molar-refractivity contribution in [3.63, 3.8) is 0 Å². The van der Waals surface area contributed by atoms with E-state index in [9.17, 15) is 30.0 Å². The largest absolute Gasteiger partial charge is 0.463 e. The molecule has 1 saturated heterocycles. The Morgan fingerprint density at radius 2 is 2.00 bits per heavy atom. The zero-order valence-electron chi connectivity index (χ0n) is 12.7. The fourth-order valence-electron chi connectivity index (χ4n) is 2.36. The molecule has 1 heterocycles. The fraction of sp³-hybridized carbons (Fsp3) is 0.846. The maximum Gasteiger partial charge on any atom is 0.302 e. The molecule has 0 spiro atoms. The first-order chi connectivity index (χ1) is 10.0. The van der Waals surface area contributed by atoms with Crippen molar-refractivity contribution >= 4 is 11.9 Å². The normalized spacial score (nSPS) is 34.6. The van der Waals surface area contributed by atoms with Gasteiger partial charge >= 0.3 is 5.97 Å². The Morgan fingerprint density at radius 3 is 2.50 bits per heavy atom. The van der Waals surface area contributed by atoms with Gasteiger partial charge in [0.05, 0.1) is 12.1 Å². The summed E-state index contributed by atoms with van der Waals surface area (Å²) in [7, 11) is 0. The van der Waals surface area contributed by atoms with Crippen LogP contribution < -0.4 is 5.32 Å². The van der Waals surface area contributed by atoms with Crippen molar-refractivity contribution in [2.45, 2.75) is 63.4 Å². The monoisotopic (exact) mass is 321 g/mol. The lowest BCUT2D eigenvalue weighted by Crippen LogP contribution is -2.65. The third-order valence-corrected chi connectivity index (χ3v) is 3.30. The average molecular weight is 321 g/mol. The van der Waals surface area contributed by atoms with Gasteiger partial charge in [0.25, 0.3) is 0 Å². The molecule has 128 valence electrons. The molecule has 6 atom stereocenters. The maximum absolute atomic E-state index is 11.2. The van der Waals surface area contributed by atoms with Crippen LogP contribution in [0.1, 0.15) is 27.2 Å². The predicted molar refractivity (Wildman–Crippen MR) is 72.4 cm³/mol. The molecule has 1 amide bonds. The molecule has 1 fully saturated rings. The van der Waals surface area contributed by atoms with E-state index in [2.05, 4.69) is 10.1 Å². The van der Waals surface area contributed by atoms with Crippen molar-refractivity contribution in [2.75, 3.05) is 6.61 Å². The summed E-state index contributed by atoms with van der Waals surface area (Å²) in [4.78, 5) is 21.9. The summed E-state index contributed by atoms with van der Waals surface area (Å²) < 4.78 is 9.87. The first-order valence-electron chi connectivity index (χ1n) is 6.88. The van der Waals surface area contributed by atoms with Gasteiger partial charge in [0.2, 0.25) is 5.91 Å². The minimum Gasteiger partial charge on any atom is -0.463 e. The quantitative estimate of drug-likeness (QED) is 0.353. The summed E-state index contributed by atoms with van der Waals surface area (Å²) in [6, 6.07) is -1.03. The number of carbonyl (C=O) groups excluding carboxylic acids is 2. The molecular formula is C13H23NO8. The minimum absolute atomic E-state index is 0.179. The summed E-state index contributed by atoms with van der Waals surface area (Å²) in [6.45, 7) is 3.17. The van der Waals surface area contributed by atoms with E-state index in [0.717, 1.165) is 6.92 Å². The van der Waals surface area contributed by atoms with Gasteiger partial charge in [-0.25, -0.2) is 0 Å².